The summed E-state index contributed by atoms with van der Waals surface area (Å²) in [7, 11) is 0. The molecule has 1 saturated heterocycles. The second kappa shape index (κ2) is 9.66. The van der Waals surface area contributed by atoms with Crippen molar-refractivity contribution < 1.29 is 4.39 Å². The predicted molar refractivity (Wildman–Crippen MR) is 135 cm³/mol. The molecule has 2 heterocycles. The van der Waals surface area contributed by atoms with Crippen LogP contribution in [0.4, 0.5) is 10.1 Å². The lowest BCUT2D eigenvalue weighted by Crippen LogP contribution is -2.47. The van der Waals surface area contributed by atoms with Crippen molar-refractivity contribution in [1.82, 2.24) is 4.90 Å². The van der Waals surface area contributed by atoms with Crippen LogP contribution in [-0.2, 0) is 5.41 Å². The van der Waals surface area contributed by atoms with Gasteiger partial charge in [-0.1, -0.05) is 48.0 Å². The fraction of sp³-hybridized carbons (Fsp3) is 0.321. The van der Waals surface area contributed by atoms with Crippen molar-refractivity contribution in [2.75, 3.05) is 44.2 Å². The molecule has 2 aliphatic rings. The average Bonchev–Trinajstić information content (AvgIpc) is 2.85. The third-order valence-electron chi connectivity index (χ3n) is 7.11. The second-order valence-corrected chi connectivity index (χ2v) is 9.49. The Morgan fingerprint density at radius 3 is 2.36 bits per heavy atom. The van der Waals surface area contributed by atoms with Crippen molar-refractivity contribution in [2.45, 2.75) is 18.3 Å². The standard InChI is InChI=1S/C28H29ClFN3/c29-24-8-6-23(7-9-24)28(21-31-20-22-4-1-2-5-27(22)28)14-3-15-32-16-18-33(19-17-32)26-12-10-25(30)11-13-26/h1-2,4-13,20H,3,14-19,21H2. The normalized spacial score (nSPS) is 20.6. The highest BCUT2D eigenvalue weighted by molar-refractivity contribution is 6.30. The Bertz CT molecular complexity index is 1100. The van der Waals surface area contributed by atoms with Crippen LogP contribution in [0.15, 0.2) is 77.8 Å². The summed E-state index contributed by atoms with van der Waals surface area (Å²) < 4.78 is 13.2. The highest BCUT2D eigenvalue weighted by Crippen LogP contribution is 2.41. The SMILES string of the molecule is Fc1ccc(N2CCN(CCCC3(c4ccc(Cl)cc4)CN=Cc4ccccc43)CC2)cc1. The van der Waals surface area contributed by atoms with Crippen LogP contribution in [0.1, 0.15) is 29.5 Å². The summed E-state index contributed by atoms with van der Waals surface area (Å²) in [5, 5.41) is 0.764. The summed E-state index contributed by atoms with van der Waals surface area (Å²) in [6.07, 6.45) is 4.16. The Balaban J connectivity index is 1.26. The first-order chi connectivity index (χ1) is 16.1. The van der Waals surface area contributed by atoms with E-state index in [2.05, 4.69) is 46.2 Å². The summed E-state index contributed by atoms with van der Waals surface area (Å²) >= 11 is 6.21. The number of aliphatic imine (C=N–C) groups is 1. The van der Waals surface area contributed by atoms with Crippen molar-refractivity contribution in [3.63, 3.8) is 0 Å². The number of hydrogen-bond acceptors (Lipinski definition) is 3. The van der Waals surface area contributed by atoms with E-state index in [1.54, 1.807) is 12.1 Å². The van der Waals surface area contributed by atoms with Crippen molar-refractivity contribution in [1.29, 1.82) is 0 Å². The molecule has 3 nitrogen and oxygen atoms in total. The fourth-order valence-electron chi connectivity index (χ4n) is 5.29. The van der Waals surface area contributed by atoms with E-state index < -0.39 is 0 Å². The minimum Gasteiger partial charge on any atom is -0.369 e. The van der Waals surface area contributed by atoms with E-state index in [1.165, 1.54) is 16.7 Å². The van der Waals surface area contributed by atoms with E-state index in [9.17, 15) is 4.39 Å². The second-order valence-electron chi connectivity index (χ2n) is 9.05. The van der Waals surface area contributed by atoms with Gasteiger partial charge in [0, 0.05) is 48.5 Å². The van der Waals surface area contributed by atoms with Gasteiger partial charge in [0.15, 0.2) is 0 Å². The number of hydrogen-bond donors (Lipinski definition) is 0. The van der Waals surface area contributed by atoms with Gasteiger partial charge in [0.05, 0.1) is 6.54 Å². The molecule has 3 aromatic rings. The highest BCUT2D eigenvalue weighted by Gasteiger charge is 2.37. The number of piperazine rings is 1. The summed E-state index contributed by atoms with van der Waals surface area (Å²) in [4.78, 5) is 9.67. The maximum absolute atomic E-state index is 13.2. The van der Waals surface area contributed by atoms with Crippen molar-refractivity contribution >= 4 is 23.5 Å². The Labute approximate surface area is 200 Å². The van der Waals surface area contributed by atoms with Gasteiger partial charge in [0.2, 0.25) is 0 Å². The number of rotatable bonds is 6. The smallest absolute Gasteiger partial charge is 0.123 e. The van der Waals surface area contributed by atoms with Gasteiger partial charge in [0.25, 0.3) is 0 Å². The number of benzene rings is 3. The van der Waals surface area contributed by atoms with Crippen LogP contribution in [0.3, 0.4) is 0 Å². The van der Waals surface area contributed by atoms with Crippen LogP contribution in [0.5, 0.6) is 0 Å². The Hall–Kier alpha value is -2.69. The molecule has 0 spiro atoms. The van der Waals surface area contributed by atoms with Crippen LogP contribution in [0.2, 0.25) is 5.02 Å². The lowest BCUT2D eigenvalue weighted by molar-refractivity contribution is 0.245. The number of halogens is 2. The molecule has 0 bridgehead atoms. The average molecular weight is 462 g/mol. The van der Waals surface area contributed by atoms with Crippen LogP contribution in [0, 0.1) is 5.82 Å². The molecular formula is C28H29ClFN3. The molecule has 5 rings (SSSR count). The molecule has 0 aromatic heterocycles. The van der Waals surface area contributed by atoms with E-state index in [1.807, 2.05) is 30.5 Å². The van der Waals surface area contributed by atoms with Gasteiger partial charge >= 0.3 is 0 Å². The summed E-state index contributed by atoms with van der Waals surface area (Å²) in [5.74, 6) is -0.180. The number of fused-ring (bicyclic) bond motifs is 1. The molecule has 0 saturated carbocycles. The van der Waals surface area contributed by atoms with Gasteiger partial charge in [0.1, 0.15) is 5.82 Å². The molecule has 0 aliphatic carbocycles. The molecule has 33 heavy (non-hydrogen) atoms. The van der Waals surface area contributed by atoms with Crippen LogP contribution >= 0.6 is 11.6 Å². The molecule has 5 heteroatoms. The third-order valence-corrected chi connectivity index (χ3v) is 7.36. The zero-order chi connectivity index (χ0) is 22.7. The van der Waals surface area contributed by atoms with E-state index in [0.717, 1.165) is 62.8 Å². The highest BCUT2D eigenvalue weighted by atomic mass is 35.5. The molecule has 3 aromatic carbocycles. The summed E-state index contributed by atoms with van der Waals surface area (Å²) in [5.41, 5.74) is 4.85. The maximum atomic E-state index is 13.2. The summed E-state index contributed by atoms with van der Waals surface area (Å²) in [6.45, 7) is 5.84. The minimum absolute atomic E-state index is 0.119. The first-order valence-corrected chi connectivity index (χ1v) is 12.1. The zero-order valence-electron chi connectivity index (χ0n) is 18.8. The lowest BCUT2D eigenvalue weighted by atomic mass is 9.69. The minimum atomic E-state index is -0.180. The van der Waals surface area contributed by atoms with Crippen LogP contribution in [-0.4, -0.2) is 50.4 Å². The number of nitrogens with zero attached hydrogens (tertiary/aromatic N) is 3. The van der Waals surface area contributed by atoms with E-state index in [0.29, 0.717) is 0 Å². The monoisotopic (exact) mass is 461 g/mol. The first-order valence-electron chi connectivity index (χ1n) is 11.7. The molecule has 1 atom stereocenters. The van der Waals surface area contributed by atoms with Crippen LogP contribution in [0.25, 0.3) is 0 Å². The fourth-order valence-corrected chi connectivity index (χ4v) is 5.42. The van der Waals surface area contributed by atoms with Gasteiger partial charge in [-0.2, -0.15) is 0 Å². The first kappa shape index (κ1) is 22.1. The predicted octanol–water partition coefficient (Wildman–Crippen LogP) is 5.80. The molecule has 1 unspecified atom stereocenters. The Morgan fingerprint density at radius 2 is 1.61 bits per heavy atom. The largest absolute Gasteiger partial charge is 0.369 e. The van der Waals surface area contributed by atoms with Gasteiger partial charge in [-0.05, 0) is 72.5 Å². The quantitative estimate of drug-likeness (QED) is 0.462. The molecular weight excluding hydrogens is 433 g/mol. The van der Waals surface area contributed by atoms with Gasteiger partial charge < -0.3 is 4.90 Å². The van der Waals surface area contributed by atoms with E-state index in [4.69, 9.17) is 16.6 Å². The van der Waals surface area contributed by atoms with Crippen molar-refractivity contribution in [2.24, 2.45) is 4.99 Å². The molecule has 170 valence electrons. The van der Waals surface area contributed by atoms with Gasteiger partial charge in [-0.3, -0.25) is 9.89 Å². The van der Waals surface area contributed by atoms with Gasteiger partial charge in [-0.15, -0.1) is 0 Å². The summed E-state index contributed by atoms with van der Waals surface area (Å²) in [6, 6.07) is 23.8. The molecule has 0 amide bonds. The molecule has 2 aliphatic heterocycles. The van der Waals surface area contributed by atoms with E-state index in [-0.39, 0.29) is 11.2 Å². The maximum Gasteiger partial charge on any atom is 0.123 e. The topological polar surface area (TPSA) is 18.8 Å². The van der Waals surface area contributed by atoms with Crippen molar-refractivity contribution in [3.8, 4) is 0 Å². The zero-order valence-corrected chi connectivity index (χ0v) is 19.5. The van der Waals surface area contributed by atoms with E-state index >= 15 is 0 Å². The van der Waals surface area contributed by atoms with Gasteiger partial charge in [-0.25, -0.2) is 4.39 Å². The Kier molecular flexibility index (Phi) is 6.48. The Morgan fingerprint density at radius 1 is 0.879 bits per heavy atom. The molecule has 1 fully saturated rings. The molecule has 0 N–H and O–H groups in total. The molecule has 0 radical (unpaired) electrons. The number of anilines is 1. The lowest BCUT2D eigenvalue weighted by Gasteiger charge is -2.39. The van der Waals surface area contributed by atoms with Crippen molar-refractivity contribution in [3.05, 3.63) is 100 Å². The van der Waals surface area contributed by atoms with Crippen LogP contribution < -0.4 is 4.90 Å². The third kappa shape index (κ3) is 4.68.